The van der Waals surface area contributed by atoms with Crippen LogP contribution in [0.5, 0.6) is 11.5 Å². The second-order valence-corrected chi connectivity index (χ2v) is 11.4. The van der Waals surface area contributed by atoms with E-state index in [0.29, 0.717) is 54.6 Å². The summed E-state index contributed by atoms with van der Waals surface area (Å²) < 4.78 is 23.9. The van der Waals surface area contributed by atoms with Gasteiger partial charge in [-0.3, -0.25) is 9.59 Å². The molecule has 5 rings (SSSR count). The number of Topliss-reactive ketones (excluding diaryl/α,β-unsaturated/α-hetero) is 1. The molecule has 1 aromatic carbocycles. The Hall–Kier alpha value is -2.54. The van der Waals surface area contributed by atoms with E-state index in [2.05, 4.69) is 27.7 Å². The van der Waals surface area contributed by atoms with Crippen molar-refractivity contribution < 1.29 is 28.5 Å². The van der Waals surface area contributed by atoms with Gasteiger partial charge in [0.15, 0.2) is 23.0 Å². The first kappa shape index (κ1) is 25.1. The lowest BCUT2D eigenvalue weighted by Crippen LogP contribution is -2.43. The predicted octanol–water partition coefficient (Wildman–Crippen LogP) is 4.70. The smallest absolute Gasteiger partial charge is 0.290 e. The van der Waals surface area contributed by atoms with Crippen LogP contribution >= 0.6 is 0 Å². The van der Waals surface area contributed by atoms with Crippen molar-refractivity contribution in [1.29, 1.82) is 0 Å². The van der Waals surface area contributed by atoms with Crippen molar-refractivity contribution in [1.82, 2.24) is 4.90 Å². The summed E-state index contributed by atoms with van der Waals surface area (Å²) in [6.45, 7) is 10.3. The fourth-order valence-electron chi connectivity index (χ4n) is 6.08. The number of hydrogen-bond donors (Lipinski definition) is 0. The van der Waals surface area contributed by atoms with Gasteiger partial charge in [-0.15, -0.1) is 0 Å². The Bertz CT molecular complexity index is 1040. The number of nitrogens with zero attached hydrogens (tertiary/aromatic N) is 1. The van der Waals surface area contributed by atoms with E-state index in [1.807, 2.05) is 18.2 Å². The first-order valence-electron chi connectivity index (χ1n) is 13.5. The molecular weight excluding hydrogens is 458 g/mol. The SMILES string of the molecule is COc1cc(C2C3=C(OC4CC(C)C(C)CC4C3=O)C(=O)N2CC2CCCO2)ccc1OCC(C)C. The average molecular weight is 498 g/mol. The highest BCUT2D eigenvalue weighted by Crippen LogP contribution is 2.49. The van der Waals surface area contributed by atoms with Crippen LogP contribution in [0.4, 0.5) is 0 Å². The first-order chi connectivity index (χ1) is 17.3. The van der Waals surface area contributed by atoms with Crippen molar-refractivity contribution >= 4 is 11.7 Å². The van der Waals surface area contributed by atoms with Crippen LogP contribution in [0.3, 0.4) is 0 Å². The van der Waals surface area contributed by atoms with E-state index in [0.717, 1.165) is 31.2 Å². The zero-order valence-electron chi connectivity index (χ0n) is 22.1. The van der Waals surface area contributed by atoms with E-state index in [4.69, 9.17) is 18.9 Å². The Kier molecular flexibility index (Phi) is 7.03. The maximum atomic E-state index is 14.0. The van der Waals surface area contributed by atoms with E-state index in [1.54, 1.807) is 12.0 Å². The molecule has 0 bridgehead atoms. The number of benzene rings is 1. The molecule has 0 N–H and O–H groups in total. The quantitative estimate of drug-likeness (QED) is 0.544. The van der Waals surface area contributed by atoms with E-state index in [-0.39, 0.29) is 35.6 Å². The number of carbonyl (C=O) groups is 2. The molecule has 3 aliphatic heterocycles. The second-order valence-electron chi connectivity index (χ2n) is 11.4. The minimum Gasteiger partial charge on any atom is -0.493 e. The molecule has 1 amide bonds. The largest absolute Gasteiger partial charge is 0.493 e. The molecule has 4 aliphatic rings. The number of rotatable bonds is 7. The third kappa shape index (κ3) is 4.51. The van der Waals surface area contributed by atoms with E-state index in [9.17, 15) is 9.59 Å². The molecule has 0 aromatic heterocycles. The number of amides is 1. The molecule has 3 heterocycles. The number of ketones is 1. The van der Waals surface area contributed by atoms with E-state index in [1.165, 1.54) is 0 Å². The second kappa shape index (κ2) is 10.1. The van der Waals surface area contributed by atoms with Crippen molar-refractivity contribution in [2.45, 2.75) is 71.6 Å². The lowest BCUT2D eigenvalue weighted by Gasteiger charge is -2.40. The van der Waals surface area contributed by atoms with Gasteiger partial charge in [0.2, 0.25) is 0 Å². The number of ether oxygens (including phenoxy) is 4. The molecule has 7 heteroatoms. The predicted molar refractivity (Wildman–Crippen MR) is 135 cm³/mol. The van der Waals surface area contributed by atoms with Crippen molar-refractivity contribution in [2.24, 2.45) is 23.7 Å². The Morgan fingerprint density at radius 3 is 2.58 bits per heavy atom. The highest BCUT2D eigenvalue weighted by atomic mass is 16.5. The number of methoxy groups -OCH3 is 1. The third-order valence-corrected chi connectivity index (χ3v) is 8.31. The maximum absolute atomic E-state index is 14.0. The zero-order valence-corrected chi connectivity index (χ0v) is 22.1. The number of carbonyl (C=O) groups excluding carboxylic acids is 2. The summed E-state index contributed by atoms with van der Waals surface area (Å²) in [5.74, 6) is 2.41. The van der Waals surface area contributed by atoms with Crippen LogP contribution in [0.25, 0.3) is 0 Å². The monoisotopic (exact) mass is 497 g/mol. The van der Waals surface area contributed by atoms with Crippen LogP contribution < -0.4 is 9.47 Å². The topological polar surface area (TPSA) is 74.3 Å². The summed E-state index contributed by atoms with van der Waals surface area (Å²) in [5, 5.41) is 0. The molecule has 196 valence electrons. The molecule has 6 unspecified atom stereocenters. The van der Waals surface area contributed by atoms with Crippen molar-refractivity contribution in [3.05, 3.63) is 35.1 Å². The van der Waals surface area contributed by atoms with E-state index >= 15 is 0 Å². The molecule has 1 saturated heterocycles. The van der Waals surface area contributed by atoms with Crippen molar-refractivity contribution in [3.8, 4) is 11.5 Å². The van der Waals surface area contributed by atoms with Gasteiger partial charge in [-0.05, 0) is 61.1 Å². The fourth-order valence-corrected chi connectivity index (χ4v) is 6.08. The fraction of sp³-hybridized carbons (Fsp3) is 0.655. The molecule has 1 aliphatic carbocycles. The highest BCUT2D eigenvalue weighted by Gasteiger charge is 2.53. The van der Waals surface area contributed by atoms with Gasteiger partial charge in [0.25, 0.3) is 5.91 Å². The average Bonchev–Trinajstić information content (AvgIpc) is 3.46. The van der Waals surface area contributed by atoms with Crippen LogP contribution in [0.15, 0.2) is 29.5 Å². The molecule has 6 atom stereocenters. The Balaban J connectivity index is 1.53. The van der Waals surface area contributed by atoms with E-state index < -0.39 is 6.04 Å². The summed E-state index contributed by atoms with van der Waals surface area (Å²) >= 11 is 0. The van der Waals surface area contributed by atoms with Crippen molar-refractivity contribution in [2.75, 3.05) is 26.9 Å². The minimum absolute atomic E-state index is 0.0363. The van der Waals surface area contributed by atoms with Gasteiger partial charge in [-0.2, -0.15) is 0 Å². The van der Waals surface area contributed by atoms with Crippen LogP contribution in [-0.2, 0) is 19.1 Å². The Morgan fingerprint density at radius 1 is 1.11 bits per heavy atom. The van der Waals surface area contributed by atoms with Crippen LogP contribution in [0.2, 0.25) is 0 Å². The maximum Gasteiger partial charge on any atom is 0.290 e. The molecule has 7 nitrogen and oxygen atoms in total. The summed E-state index contributed by atoms with van der Waals surface area (Å²) in [5.41, 5.74) is 1.33. The first-order valence-corrected chi connectivity index (χ1v) is 13.5. The highest BCUT2D eigenvalue weighted by molar-refractivity contribution is 6.11. The molecule has 0 radical (unpaired) electrons. The van der Waals surface area contributed by atoms with Crippen molar-refractivity contribution in [3.63, 3.8) is 0 Å². The summed E-state index contributed by atoms with van der Waals surface area (Å²) in [6.07, 6.45) is 3.21. The summed E-state index contributed by atoms with van der Waals surface area (Å²) in [4.78, 5) is 29.5. The van der Waals surface area contributed by atoms with Crippen LogP contribution in [0, 0.1) is 23.7 Å². The van der Waals surface area contributed by atoms with Gasteiger partial charge in [0.05, 0.1) is 37.4 Å². The van der Waals surface area contributed by atoms with Gasteiger partial charge < -0.3 is 23.8 Å². The molecular formula is C29H39NO6. The van der Waals surface area contributed by atoms with Gasteiger partial charge in [0, 0.05) is 13.2 Å². The van der Waals surface area contributed by atoms with Gasteiger partial charge in [-0.25, -0.2) is 0 Å². The van der Waals surface area contributed by atoms with Gasteiger partial charge in [-0.1, -0.05) is 33.8 Å². The number of hydrogen-bond acceptors (Lipinski definition) is 6. The molecule has 1 saturated carbocycles. The lowest BCUT2D eigenvalue weighted by molar-refractivity contribution is -0.138. The lowest BCUT2D eigenvalue weighted by atomic mass is 9.70. The molecule has 36 heavy (non-hydrogen) atoms. The normalized spacial score (nSPS) is 32.0. The number of fused-ring (bicyclic) bond motifs is 1. The standard InChI is InChI=1S/C29H39NO6/c1-16(2)15-35-22-9-8-19(13-24(22)33-5)26-25-27(31)21-11-17(3)18(4)12-23(21)36-28(25)29(32)30(26)14-20-7-6-10-34-20/h8-9,13,16-18,20-21,23,26H,6-7,10-12,14-15H2,1-5H3. The summed E-state index contributed by atoms with van der Waals surface area (Å²) in [7, 11) is 1.61. The third-order valence-electron chi connectivity index (χ3n) is 8.31. The Morgan fingerprint density at radius 2 is 1.89 bits per heavy atom. The Labute approximate surface area is 214 Å². The van der Waals surface area contributed by atoms with Gasteiger partial charge in [0.1, 0.15) is 6.10 Å². The molecule has 1 aromatic rings. The van der Waals surface area contributed by atoms with Crippen LogP contribution in [-0.4, -0.2) is 55.7 Å². The van der Waals surface area contributed by atoms with Gasteiger partial charge >= 0.3 is 0 Å². The molecule has 0 spiro atoms. The summed E-state index contributed by atoms with van der Waals surface area (Å²) in [6, 6.07) is 5.20. The zero-order chi connectivity index (χ0) is 25.6. The molecule has 2 fully saturated rings. The van der Waals surface area contributed by atoms with Crippen LogP contribution in [0.1, 0.15) is 65.0 Å². The minimum atomic E-state index is -0.521.